The van der Waals surface area contributed by atoms with Gasteiger partial charge in [-0.1, -0.05) is 6.42 Å². The number of hydrogen-bond donors (Lipinski definition) is 0. The quantitative estimate of drug-likeness (QED) is 0.747. The van der Waals surface area contributed by atoms with Crippen LogP contribution in [0.1, 0.15) is 39.5 Å². The molecule has 2 heterocycles. The minimum atomic E-state index is 0.369. The summed E-state index contributed by atoms with van der Waals surface area (Å²) in [7, 11) is 0. The van der Waals surface area contributed by atoms with Gasteiger partial charge in [-0.3, -0.25) is 9.80 Å². The molecular weight excluding hydrogens is 212 g/mol. The molecule has 0 saturated carbocycles. The van der Waals surface area contributed by atoms with Crippen LogP contribution >= 0.6 is 0 Å². The Labute approximate surface area is 106 Å². The van der Waals surface area contributed by atoms with Crippen LogP contribution in [0.3, 0.4) is 0 Å². The number of fused-ring (bicyclic) bond motifs is 1. The topological polar surface area (TPSA) is 15.7 Å². The summed E-state index contributed by atoms with van der Waals surface area (Å²) >= 11 is 0. The minimum Gasteiger partial charge on any atom is -0.377 e. The van der Waals surface area contributed by atoms with Gasteiger partial charge < -0.3 is 4.74 Å². The summed E-state index contributed by atoms with van der Waals surface area (Å²) in [6.45, 7) is 11.4. The van der Waals surface area contributed by atoms with Gasteiger partial charge in [0.2, 0.25) is 0 Å². The van der Waals surface area contributed by atoms with Crippen molar-refractivity contribution in [2.75, 3.05) is 39.3 Å². The molecule has 0 aliphatic carbocycles. The van der Waals surface area contributed by atoms with E-state index >= 15 is 0 Å². The van der Waals surface area contributed by atoms with E-state index in [0.29, 0.717) is 6.10 Å². The van der Waals surface area contributed by atoms with E-state index in [2.05, 4.69) is 23.6 Å². The van der Waals surface area contributed by atoms with E-state index in [1.165, 1.54) is 51.9 Å². The first-order chi connectivity index (χ1) is 8.25. The molecule has 2 saturated heterocycles. The average Bonchev–Trinajstić information content (AvgIpc) is 2.50. The first-order valence-electron chi connectivity index (χ1n) is 7.33. The largest absolute Gasteiger partial charge is 0.377 e. The van der Waals surface area contributed by atoms with Crippen molar-refractivity contribution in [1.29, 1.82) is 0 Å². The fraction of sp³-hybridized carbons (Fsp3) is 1.00. The van der Waals surface area contributed by atoms with E-state index in [9.17, 15) is 0 Å². The zero-order valence-electron chi connectivity index (χ0n) is 11.5. The van der Waals surface area contributed by atoms with Crippen molar-refractivity contribution in [1.82, 2.24) is 9.80 Å². The number of piperidine rings is 1. The van der Waals surface area contributed by atoms with Crippen molar-refractivity contribution in [2.45, 2.75) is 51.7 Å². The van der Waals surface area contributed by atoms with Crippen LogP contribution in [0, 0.1) is 0 Å². The van der Waals surface area contributed by atoms with Crippen molar-refractivity contribution in [3.8, 4) is 0 Å². The molecule has 100 valence electrons. The molecule has 0 aromatic carbocycles. The van der Waals surface area contributed by atoms with Crippen LogP contribution in [0.5, 0.6) is 0 Å². The Morgan fingerprint density at radius 3 is 2.76 bits per heavy atom. The maximum absolute atomic E-state index is 5.67. The van der Waals surface area contributed by atoms with Gasteiger partial charge in [0.05, 0.1) is 12.7 Å². The van der Waals surface area contributed by atoms with Gasteiger partial charge in [0.15, 0.2) is 0 Å². The summed E-state index contributed by atoms with van der Waals surface area (Å²) in [5.41, 5.74) is 0. The summed E-state index contributed by atoms with van der Waals surface area (Å²) in [6.07, 6.45) is 5.94. The normalized spacial score (nSPS) is 28.1. The van der Waals surface area contributed by atoms with Crippen molar-refractivity contribution < 1.29 is 4.74 Å². The van der Waals surface area contributed by atoms with Gasteiger partial charge in [0.1, 0.15) is 0 Å². The Balaban J connectivity index is 1.75. The molecule has 2 aliphatic heterocycles. The van der Waals surface area contributed by atoms with Gasteiger partial charge in [-0.2, -0.15) is 0 Å². The predicted molar refractivity (Wildman–Crippen MR) is 71.4 cm³/mol. The van der Waals surface area contributed by atoms with E-state index in [-0.39, 0.29) is 0 Å². The van der Waals surface area contributed by atoms with E-state index in [0.717, 1.165) is 19.2 Å². The molecule has 0 aromatic rings. The molecule has 3 heteroatoms. The highest BCUT2D eigenvalue weighted by Crippen LogP contribution is 2.20. The van der Waals surface area contributed by atoms with Crippen molar-refractivity contribution >= 4 is 0 Å². The fourth-order valence-corrected chi connectivity index (χ4v) is 3.07. The third-order valence-electron chi connectivity index (χ3n) is 4.00. The highest BCUT2D eigenvalue weighted by molar-refractivity contribution is 4.83. The van der Waals surface area contributed by atoms with Crippen LogP contribution in [-0.4, -0.2) is 61.3 Å². The summed E-state index contributed by atoms with van der Waals surface area (Å²) in [6, 6.07) is 0.824. The molecule has 2 rings (SSSR count). The van der Waals surface area contributed by atoms with E-state index in [4.69, 9.17) is 4.74 Å². The number of rotatable bonds is 4. The third kappa shape index (κ3) is 4.23. The molecule has 1 atom stereocenters. The fourth-order valence-electron chi connectivity index (χ4n) is 3.07. The van der Waals surface area contributed by atoms with Crippen LogP contribution in [0.15, 0.2) is 0 Å². The Morgan fingerprint density at radius 1 is 1.12 bits per heavy atom. The average molecular weight is 240 g/mol. The maximum atomic E-state index is 5.67. The summed E-state index contributed by atoms with van der Waals surface area (Å²) in [5.74, 6) is 0. The van der Waals surface area contributed by atoms with Crippen LogP contribution in [0.4, 0.5) is 0 Å². The Kier molecular flexibility index (Phi) is 5.26. The molecule has 17 heavy (non-hydrogen) atoms. The number of nitrogens with zero attached hydrogens (tertiary/aromatic N) is 2. The van der Waals surface area contributed by atoms with Gasteiger partial charge in [-0.05, 0) is 52.7 Å². The lowest BCUT2D eigenvalue weighted by Crippen LogP contribution is -2.44. The molecule has 0 radical (unpaired) electrons. The predicted octanol–water partition coefficient (Wildman–Crippen LogP) is 1.97. The summed E-state index contributed by atoms with van der Waals surface area (Å²) in [5, 5.41) is 0. The van der Waals surface area contributed by atoms with Gasteiger partial charge >= 0.3 is 0 Å². The summed E-state index contributed by atoms with van der Waals surface area (Å²) in [4.78, 5) is 5.32. The minimum absolute atomic E-state index is 0.369. The lowest BCUT2D eigenvalue weighted by molar-refractivity contribution is 0.0544. The molecule has 2 fully saturated rings. The first kappa shape index (κ1) is 13.3. The first-order valence-corrected chi connectivity index (χ1v) is 7.33. The third-order valence-corrected chi connectivity index (χ3v) is 4.00. The van der Waals surface area contributed by atoms with Crippen LogP contribution < -0.4 is 0 Å². The Hall–Kier alpha value is -0.120. The van der Waals surface area contributed by atoms with Crippen LogP contribution in [0.2, 0.25) is 0 Å². The zero-order chi connectivity index (χ0) is 12.1. The van der Waals surface area contributed by atoms with Gasteiger partial charge in [0, 0.05) is 19.1 Å². The van der Waals surface area contributed by atoms with Crippen molar-refractivity contribution in [3.05, 3.63) is 0 Å². The van der Waals surface area contributed by atoms with Crippen LogP contribution in [0.25, 0.3) is 0 Å². The van der Waals surface area contributed by atoms with E-state index in [1.807, 2.05) is 0 Å². The molecule has 0 bridgehead atoms. The van der Waals surface area contributed by atoms with E-state index in [1.54, 1.807) is 0 Å². The van der Waals surface area contributed by atoms with Gasteiger partial charge in [-0.25, -0.2) is 0 Å². The van der Waals surface area contributed by atoms with E-state index < -0.39 is 0 Å². The number of hydrogen-bond acceptors (Lipinski definition) is 3. The Morgan fingerprint density at radius 2 is 1.94 bits per heavy atom. The van der Waals surface area contributed by atoms with Gasteiger partial charge in [0.25, 0.3) is 0 Å². The van der Waals surface area contributed by atoms with Crippen molar-refractivity contribution in [2.24, 2.45) is 0 Å². The molecule has 0 amide bonds. The molecule has 0 aromatic heterocycles. The van der Waals surface area contributed by atoms with Crippen LogP contribution in [-0.2, 0) is 4.74 Å². The molecular formula is C14H28N2O. The number of ether oxygens (including phenoxy) is 1. The maximum Gasteiger partial charge on any atom is 0.0596 e. The summed E-state index contributed by atoms with van der Waals surface area (Å²) < 4.78 is 5.67. The highest BCUT2D eigenvalue weighted by Gasteiger charge is 2.26. The molecule has 0 N–H and O–H groups in total. The molecule has 2 aliphatic rings. The zero-order valence-corrected chi connectivity index (χ0v) is 11.5. The highest BCUT2D eigenvalue weighted by atomic mass is 16.5. The molecule has 3 nitrogen and oxygen atoms in total. The molecule has 1 unspecified atom stereocenters. The second-order valence-electron chi connectivity index (χ2n) is 5.76. The second kappa shape index (κ2) is 6.72. The lowest BCUT2D eigenvalue weighted by atomic mass is 10.0. The second-order valence-corrected chi connectivity index (χ2v) is 5.76. The SMILES string of the molecule is CC(C)OCCN1CCCN2CCCCC2C1. The standard InChI is InChI=1S/C14H28N2O/c1-13(2)17-11-10-15-7-5-9-16-8-4-3-6-14(16)12-15/h13-14H,3-12H2,1-2H3. The lowest BCUT2D eigenvalue weighted by Gasteiger charge is -2.35. The molecule has 0 spiro atoms. The van der Waals surface area contributed by atoms with Crippen molar-refractivity contribution in [3.63, 3.8) is 0 Å². The monoisotopic (exact) mass is 240 g/mol. The Bertz CT molecular complexity index is 220. The smallest absolute Gasteiger partial charge is 0.0596 e. The van der Waals surface area contributed by atoms with Gasteiger partial charge in [-0.15, -0.1) is 0 Å².